The Balaban J connectivity index is 1.11. The lowest BCUT2D eigenvalue weighted by Gasteiger charge is -2.42. The zero-order valence-corrected chi connectivity index (χ0v) is 41.3. The first-order chi connectivity index (χ1) is 33.0. The van der Waals surface area contributed by atoms with Gasteiger partial charge in [0.1, 0.15) is 22.3 Å². The van der Waals surface area contributed by atoms with Crippen LogP contribution in [0.2, 0.25) is 0 Å². The summed E-state index contributed by atoms with van der Waals surface area (Å²) in [6, 6.07) is 49.2. The zero-order valence-electron chi connectivity index (χ0n) is 41.3. The van der Waals surface area contributed by atoms with Gasteiger partial charge in [0, 0.05) is 66.4 Å². The molecule has 2 aliphatic heterocycles. The summed E-state index contributed by atoms with van der Waals surface area (Å²) in [5, 5.41) is 7.25. The van der Waals surface area contributed by atoms with Crippen molar-refractivity contribution in [1.82, 2.24) is 4.57 Å². The number of hydrogen-bond acceptors (Lipinski definition) is 3. The van der Waals surface area contributed by atoms with E-state index in [0.717, 1.165) is 39.5 Å². The summed E-state index contributed by atoms with van der Waals surface area (Å²) in [6.45, 7) is 23.6. The fourth-order valence-corrected chi connectivity index (χ4v) is 13.8. The van der Waals surface area contributed by atoms with Crippen LogP contribution in [0.25, 0.3) is 93.6 Å². The number of aryl methyl sites for hydroxylation is 1. The smallest absolute Gasteiger partial charge is 0.333 e. The third-order valence-electron chi connectivity index (χ3n) is 17.7. The number of aromatic nitrogens is 1. The minimum absolute atomic E-state index is 0.0155. The molecule has 3 aromatic heterocycles. The largest absolute Gasteiger partial charge is 0.456 e. The Hall–Kier alpha value is -6.98. The fraction of sp³-hybridized carbons (Fsp3) is 0.250. The molecular formula is C64H55BN2O2. The molecule has 0 bridgehead atoms. The van der Waals surface area contributed by atoms with Crippen molar-refractivity contribution in [3.05, 3.63) is 161 Å². The maximum atomic E-state index is 7.08. The lowest BCUT2D eigenvalue weighted by atomic mass is 9.43. The predicted molar refractivity (Wildman–Crippen MR) is 291 cm³/mol. The van der Waals surface area contributed by atoms with Gasteiger partial charge in [0.15, 0.2) is 0 Å². The average molecular weight is 895 g/mol. The van der Waals surface area contributed by atoms with Gasteiger partial charge in [0.05, 0.1) is 11.0 Å². The Labute approximate surface area is 403 Å². The van der Waals surface area contributed by atoms with Crippen molar-refractivity contribution in [2.24, 2.45) is 0 Å². The molecule has 0 amide bonds. The van der Waals surface area contributed by atoms with Crippen molar-refractivity contribution >= 4 is 94.8 Å². The highest BCUT2D eigenvalue weighted by Gasteiger charge is 2.47. The molecule has 15 rings (SSSR count). The fourth-order valence-electron chi connectivity index (χ4n) is 13.8. The van der Waals surface area contributed by atoms with E-state index in [0.29, 0.717) is 0 Å². The maximum Gasteiger partial charge on any atom is 0.333 e. The highest BCUT2D eigenvalue weighted by atomic mass is 16.3. The molecule has 5 heteroatoms. The molecule has 4 nitrogen and oxygen atoms in total. The van der Waals surface area contributed by atoms with Crippen molar-refractivity contribution in [2.45, 2.75) is 104 Å². The van der Waals surface area contributed by atoms with E-state index >= 15 is 0 Å². The highest BCUT2D eigenvalue weighted by Crippen LogP contribution is 2.54. The third kappa shape index (κ3) is 5.01. The van der Waals surface area contributed by atoms with Gasteiger partial charge in [0.25, 0.3) is 0 Å². The molecule has 8 aromatic carbocycles. The number of furan rings is 2. The molecular weight excluding hydrogens is 840 g/mol. The molecule has 5 heterocycles. The molecule has 0 spiro atoms. The van der Waals surface area contributed by atoms with Crippen molar-refractivity contribution in [1.29, 1.82) is 0 Å². The standard InChI is InChI=1S/C64H55BN2O2/c1-34-25-44-40-30-55-43(42-27-48-49(32-56(42)69-55)63(7,8)24-23-62(48,5)6)29-52(40)67(36-21-19-35(20-22-36)61(2,3)4)65-50-28-39-37-15-11-13-17-46(37)64(9,10)47(39)31-53(50)66-51-33-57-41(38-16-12-14-18-54(38)68-57)26-45(51)58(34)60(66)59(44)65/h11-22,25-33H,23-24H2,1-10H3. The third-order valence-corrected chi connectivity index (χ3v) is 17.7. The van der Waals surface area contributed by atoms with Crippen LogP contribution in [0.1, 0.15) is 109 Å². The van der Waals surface area contributed by atoms with Gasteiger partial charge >= 0.3 is 6.85 Å². The summed E-state index contributed by atoms with van der Waals surface area (Å²) >= 11 is 0. The Kier molecular flexibility index (Phi) is 7.31. The number of fused-ring (bicyclic) bond motifs is 18. The molecule has 0 atom stereocenters. The van der Waals surface area contributed by atoms with Gasteiger partial charge in [-0.25, -0.2) is 0 Å². The van der Waals surface area contributed by atoms with Gasteiger partial charge in [-0.05, 0) is 152 Å². The van der Waals surface area contributed by atoms with E-state index in [1.54, 1.807) is 0 Å². The van der Waals surface area contributed by atoms with Crippen LogP contribution in [-0.4, -0.2) is 11.4 Å². The molecule has 0 radical (unpaired) electrons. The Morgan fingerprint density at radius 3 is 1.97 bits per heavy atom. The second-order valence-electron chi connectivity index (χ2n) is 24.0. The quantitative estimate of drug-likeness (QED) is 0.154. The number of benzene rings is 8. The Bertz CT molecular complexity index is 4160. The van der Waals surface area contributed by atoms with Crippen LogP contribution in [0.5, 0.6) is 0 Å². The van der Waals surface area contributed by atoms with E-state index in [1.807, 2.05) is 0 Å². The second kappa shape index (κ2) is 12.6. The SMILES string of the molecule is Cc1cc2c3c4c1c1cc5c(cc1n4-c1cc4c(cc1B3N(c1ccc(C(C)(C)C)cc1)c1cc3c(cc1-2)oc1cc2c(cc13)C(C)(C)CCC2(C)C)-c1ccccc1C4(C)C)oc1ccccc15. The summed E-state index contributed by atoms with van der Waals surface area (Å²) in [4.78, 5) is 2.69. The van der Waals surface area contributed by atoms with Gasteiger partial charge in [-0.2, -0.15) is 0 Å². The summed E-state index contributed by atoms with van der Waals surface area (Å²) in [5.74, 6) is 0. The molecule has 0 N–H and O–H groups in total. The summed E-state index contributed by atoms with van der Waals surface area (Å²) in [6.07, 6.45) is 2.33. The molecule has 0 saturated carbocycles. The molecule has 0 unspecified atom stereocenters. The Morgan fingerprint density at radius 2 is 1.19 bits per heavy atom. The van der Waals surface area contributed by atoms with Crippen molar-refractivity contribution in [3.63, 3.8) is 0 Å². The first-order valence-electron chi connectivity index (χ1n) is 25.1. The van der Waals surface area contributed by atoms with Crippen LogP contribution in [0.15, 0.2) is 136 Å². The van der Waals surface area contributed by atoms with Crippen LogP contribution < -0.4 is 15.7 Å². The second-order valence-corrected chi connectivity index (χ2v) is 24.0. The minimum atomic E-state index is -0.175. The number of hydrogen-bond donors (Lipinski definition) is 0. The van der Waals surface area contributed by atoms with Crippen molar-refractivity contribution < 1.29 is 8.83 Å². The molecule has 4 aliphatic rings. The van der Waals surface area contributed by atoms with Crippen molar-refractivity contribution in [2.75, 3.05) is 4.81 Å². The first kappa shape index (κ1) is 40.0. The van der Waals surface area contributed by atoms with Gasteiger partial charge in [-0.3, -0.25) is 0 Å². The lowest BCUT2D eigenvalue weighted by molar-refractivity contribution is 0.332. The van der Waals surface area contributed by atoms with Gasteiger partial charge in [-0.15, -0.1) is 0 Å². The normalized spacial score (nSPS) is 17.0. The summed E-state index contributed by atoms with van der Waals surface area (Å²) in [7, 11) is 0. The van der Waals surface area contributed by atoms with E-state index in [4.69, 9.17) is 8.83 Å². The molecule has 2 aliphatic carbocycles. The molecule has 0 saturated heterocycles. The summed E-state index contributed by atoms with van der Waals surface area (Å²) < 4.78 is 16.4. The molecule has 0 fully saturated rings. The monoisotopic (exact) mass is 894 g/mol. The molecule has 69 heavy (non-hydrogen) atoms. The number of nitrogens with zero attached hydrogens (tertiary/aromatic N) is 2. The van der Waals surface area contributed by atoms with E-state index < -0.39 is 0 Å². The average Bonchev–Trinajstić information content (AvgIpc) is 4.04. The Morgan fingerprint density at radius 1 is 0.522 bits per heavy atom. The molecule has 11 aromatic rings. The number of anilines is 2. The number of rotatable bonds is 1. The van der Waals surface area contributed by atoms with Gasteiger partial charge < -0.3 is 18.2 Å². The first-order valence-corrected chi connectivity index (χ1v) is 25.1. The minimum Gasteiger partial charge on any atom is -0.456 e. The maximum absolute atomic E-state index is 7.08. The van der Waals surface area contributed by atoms with Crippen LogP contribution in [-0.2, 0) is 21.7 Å². The van der Waals surface area contributed by atoms with E-state index in [1.165, 1.54) is 123 Å². The lowest BCUT2D eigenvalue weighted by Crippen LogP contribution is -2.60. The van der Waals surface area contributed by atoms with Gasteiger partial charge in [0.2, 0.25) is 0 Å². The van der Waals surface area contributed by atoms with E-state index in [-0.39, 0.29) is 28.5 Å². The predicted octanol–water partition coefficient (Wildman–Crippen LogP) is 16.1. The van der Waals surface area contributed by atoms with Crippen LogP contribution >= 0.6 is 0 Å². The van der Waals surface area contributed by atoms with Crippen LogP contribution in [0.3, 0.4) is 0 Å². The van der Waals surface area contributed by atoms with Crippen LogP contribution in [0, 0.1) is 6.92 Å². The van der Waals surface area contributed by atoms with Crippen LogP contribution in [0.4, 0.5) is 11.4 Å². The van der Waals surface area contributed by atoms with E-state index in [2.05, 4.69) is 206 Å². The number of para-hydroxylation sites is 1. The zero-order chi connectivity index (χ0) is 47.0. The topological polar surface area (TPSA) is 34.5 Å². The van der Waals surface area contributed by atoms with Crippen molar-refractivity contribution in [3.8, 4) is 27.9 Å². The summed E-state index contributed by atoms with van der Waals surface area (Å²) in [5.41, 5.74) is 25.9. The highest BCUT2D eigenvalue weighted by molar-refractivity contribution is 6.93. The van der Waals surface area contributed by atoms with E-state index in [9.17, 15) is 0 Å². The molecule has 336 valence electrons. The van der Waals surface area contributed by atoms with Gasteiger partial charge in [-0.1, -0.05) is 129 Å².